The summed E-state index contributed by atoms with van der Waals surface area (Å²) in [6, 6.07) is 0. The van der Waals surface area contributed by atoms with E-state index in [1.165, 1.54) is 205 Å². The molecule has 0 aliphatic carbocycles. The molecule has 0 fully saturated rings. The lowest BCUT2D eigenvalue weighted by Gasteiger charge is -2.21. The van der Waals surface area contributed by atoms with Gasteiger partial charge in [0.1, 0.15) is 19.3 Å². The van der Waals surface area contributed by atoms with E-state index in [1.54, 1.807) is 0 Å². The Morgan fingerprint density at radius 2 is 0.543 bits per heavy atom. The number of aliphatic hydroxyl groups is 1. The number of phosphoric acid groups is 2. The van der Waals surface area contributed by atoms with Crippen molar-refractivity contribution in [2.75, 3.05) is 39.6 Å². The van der Waals surface area contributed by atoms with E-state index in [-0.39, 0.29) is 25.7 Å². The van der Waals surface area contributed by atoms with Gasteiger partial charge < -0.3 is 33.8 Å². The smallest absolute Gasteiger partial charge is 0.462 e. The fraction of sp³-hybridized carbons (Fsp3) is 0.947. The maximum absolute atomic E-state index is 13.1. The van der Waals surface area contributed by atoms with Gasteiger partial charge >= 0.3 is 39.5 Å². The lowest BCUT2D eigenvalue weighted by atomic mass is 10.00. The zero-order valence-electron chi connectivity index (χ0n) is 61.3. The van der Waals surface area contributed by atoms with Crippen molar-refractivity contribution in [2.45, 2.75) is 407 Å². The molecule has 0 saturated carbocycles. The number of esters is 4. The van der Waals surface area contributed by atoms with Gasteiger partial charge in [-0.05, 0) is 37.5 Å². The minimum atomic E-state index is -4.96. The summed E-state index contributed by atoms with van der Waals surface area (Å²) >= 11 is 0. The fourth-order valence-electron chi connectivity index (χ4n) is 11.4. The van der Waals surface area contributed by atoms with Crippen LogP contribution in [0.25, 0.3) is 0 Å². The lowest BCUT2D eigenvalue weighted by Crippen LogP contribution is -2.30. The average molecular weight is 1380 g/mol. The van der Waals surface area contributed by atoms with E-state index in [0.717, 1.165) is 102 Å². The number of carbonyl (C=O) groups is 4. The molecule has 3 unspecified atom stereocenters. The predicted octanol–water partition coefficient (Wildman–Crippen LogP) is 21.9. The van der Waals surface area contributed by atoms with Gasteiger partial charge in [-0.3, -0.25) is 37.3 Å². The van der Waals surface area contributed by atoms with Gasteiger partial charge in [0.05, 0.1) is 26.4 Å². The summed E-state index contributed by atoms with van der Waals surface area (Å²) in [4.78, 5) is 72.7. The van der Waals surface area contributed by atoms with E-state index >= 15 is 0 Å². The van der Waals surface area contributed by atoms with Crippen LogP contribution in [-0.4, -0.2) is 96.7 Å². The van der Waals surface area contributed by atoms with Crippen molar-refractivity contribution in [3.8, 4) is 0 Å². The van der Waals surface area contributed by atoms with Crippen molar-refractivity contribution < 1.29 is 80.2 Å². The van der Waals surface area contributed by atoms with Crippen LogP contribution in [0.2, 0.25) is 0 Å². The Bertz CT molecular complexity index is 1820. The van der Waals surface area contributed by atoms with Crippen LogP contribution in [0.4, 0.5) is 0 Å². The second kappa shape index (κ2) is 66.9. The van der Waals surface area contributed by atoms with Crippen LogP contribution in [0, 0.1) is 11.8 Å². The standard InChI is InChI=1S/C75H146O17P2/c1-7-10-12-14-16-18-20-27-31-35-39-46-52-58-73(78)85-63-70(91-74(79)59-53-47-40-36-32-29-26-24-22-21-23-25-28-30-33-37-43-49-55-67(4)5)65-89-93(81,82)87-61-69(76)62-88-94(83,84)90-66-71(92-75(80)60-54-48-42-41-44-50-56-68(6)9-3)64-86-72(77)57-51-45-38-34-19-17-15-13-11-8-2/h67-71,76H,7-66H2,1-6H3,(H,81,82)(H,83,84)/t68?,69-,70-,71-/m1/s1. The third kappa shape index (κ3) is 67.3. The molecule has 19 heteroatoms. The van der Waals surface area contributed by atoms with E-state index in [1.807, 2.05) is 0 Å². The molecule has 0 aromatic rings. The van der Waals surface area contributed by atoms with Crippen molar-refractivity contribution in [3.05, 3.63) is 0 Å². The molecule has 0 aliphatic rings. The number of ether oxygens (including phenoxy) is 4. The first-order chi connectivity index (χ1) is 45.4. The molecule has 17 nitrogen and oxygen atoms in total. The first-order valence-electron chi connectivity index (χ1n) is 39.0. The summed E-state index contributed by atoms with van der Waals surface area (Å²) in [6.07, 6.45) is 54.2. The number of carbonyl (C=O) groups excluding carboxylic acids is 4. The van der Waals surface area contributed by atoms with Gasteiger partial charge in [0.25, 0.3) is 0 Å². The second-order valence-corrected chi connectivity index (χ2v) is 30.7. The molecule has 0 aromatic carbocycles. The van der Waals surface area contributed by atoms with Gasteiger partial charge in [-0.25, -0.2) is 9.13 Å². The Balaban J connectivity index is 5.19. The van der Waals surface area contributed by atoms with Crippen LogP contribution >= 0.6 is 15.6 Å². The molecule has 0 amide bonds. The Hall–Kier alpha value is -1.94. The number of hydrogen-bond acceptors (Lipinski definition) is 15. The molecule has 0 rings (SSSR count). The molecule has 0 saturated heterocycles. The summed E-state index contributed by atoms with van der Waals surface area (Å²) in [5, 5.41) is 10.6. The van der Waals surface area contributed by atoms with Crippen LogP contribution in [-0.2, 0) is 65.4 Å². The normalized spacial score (nSPS) is 14.3. The van der Waals surface area contributed by atoms with Crippen molar-refractivity contribution in [2.24, 2.45) is 11.8 Å². The Morgan fingerprint density at radius 3 is 0.809 bits per heavy atom. The molecule has 0 bridgehead atoms. The molecule has 94 heavy (non-hydrogen) atoms. The van der Waals surface area contributed by atoms with E-state index in [9.17, 15) is 43.2 Å². The minimum absolute atomic E-state index is 0.103. The van der Waals surface area contributed by atoms with Crippen molar-refractivity contribution >= 4 is 39.5 Å². The highest BCUT2D eigenvalue weighted by Gasteiger charge is 2.30. The molecule has 558 valence electrons. The van der Waals surface area contributed by atoms with Gasteiger partial charge in [-0.2, -0.15) is 0 Å². The number of hydrogen-bond donors (Lipinski definition) is 3. The highest BCUT2D eigenvalue weighted by atomic mass is 31.2. The van der Waals surface area contributed by atoms with Gasteiger partial charge in [0.15, 0.2) is 12.2 Å². The van der Waals surface area contributed by atoms with E-state index in [2.05, 4.69) is 41.5 Å². The van der Waals surface area contributed by atoms with E-state index in [4.69, 9.17) is 37.0 Å². The molecule has 0 heterocycles. The SMILES string of the molecule is CCCCCCCCCCCCCCCC(=O)OC[C@H](COP(=O)(O)OC[C@@H](O)COP(=O)(O)OC[C@@H](COC(=O)CCCCCCCCCCCC)OC(=O)CCCCCCCCC(C)CC)OC(=O)CCCCCCCCCCCCCCCCCCCCC(C)C. The van der Waals surface area contributed by atoms with Crippen LogP contribution in [0.1, 0.15) is 388 Å². The maximum Gasteiger partial charge on any atom is 0.472 e. The van der Waals surface area contributed by atoms with Crippen molar-refractivity contribution in [3.63, 3.8) is 0 Å². The molecule has 0 aromatic heterocycles. The molecule has 0 radical (unpaired) electrons. The van der Waals surface area contributed by atoms with Crippen LogP contribution in [0.15, 0.2) is 0 Å². The van der Waals surface area contributed by atoms with E-state index in [0.29, 0.717) is 25.7 Å². The third-order valence-electron chi connectivity index (χ3n) is 17.8. The Labute approximate surface area is 575 Å². The highest BCUT2D eigenvalue weighted by Crippen LogP contribution is 2.45. The first-order valence-corrected chi connectivity index (χ1v) is 42.0. The van der Waals surface area contributed by atoms with Crippen LogP contribution < -0.4 is 0 Å². The predicted molar refractivity (Wildman–Crippen MR) is 381 cm³/mol. The zero-order chi connectivity index (χ0) is 69.3. The van der Waals surface area contributed by atoms with Crippen molar-refractivity contribution in [1.82, 2.24) is 0 Å². The highest BCUT2D eigenvalue weighted by molar-refractivity contribution is 7.47. The molecular formula is C75H146O17P2. The monoisotopic (exact) mass is 1380 g/mol. The Morgan fingerprint density at radius 1 is 0.309 bits per heavy atom. The minimum Gasteiger partial charge on any atom is -0.462 e. The maximum atomic E-state index is 13.1. The number of phosphoric ester groups is 2. The van der Waals surface area contributed by atoms with Gasteiger partial charge in [-0.15, -0.1) is 0 Å². The van der Waals surface area contributed by atoms with Gasteiger partial charge in [-0.1, -0.05) is 337 Å². The topological polar surface area (TPSA) is 237 Å². The van der Waals surface area contributed by atoms with Crippen LogP contribution in [0.3, 0.4) is 0 Å². The summed E-state index contributed by atoms with van der Waals surface area (Å²) in [5.41, 5.74) is 0. The van der Waals surface area contributed by atoms with Crippen LogP contribution in [0.5, 0.6) is 0 Å². The summed E-state index contributed by atoms with van der Waals surface area (Å²) < 4.78 is 68.4. The molecular weight excluding hydrogens is 1230 g/mol. The Kier molecular flexibility index (Phi) is 65.5. The quantitative estimate of drug-likeness (QED) is 0.0222. The van der Waals surface area contributed by atoms with E-state index < -0.39 is 97.5 Å². The molecule has 6 atom stereocenters. The first kappa shape index (κ1) is 92.1. The number of unbranched alkanes of at least 4 members (excludes halogenated alkanes) is 43. The molecule has 0 spiro atoms. The number of aliphatic hydroxyl groups excluding tert-OH is 1. The van der Waals surface area contributed by atoms with Gasteiger partial charge in [0.2, 0.25) is 0 Å². The van der Waals surface area contributed by atoms with Gasteiger partial charge in [0, 0.05) is 25.7 Å². The lowest BCUT2D eigenvalue weighted by molar-refractivity contribution is -0.161. The largest absolute Gasteiger partial charge is 0.472 e. The summed E-state index contributed by atoms with van der Waals surface area (Å²) in [7, 11) is -9.91. The second-order valence-electron chi connectivity index (χ2n) is 27.8. The van der Waals surface area contributed by atoms with Crippen molar-refractivity contribution in [1.29, 1.82) is 0 Å². The molecule has 3 N–H and O–H groups in total. The average Bonchev–Trinajstić information content (AvgIpc) is 1.32. The zero-order valence-corrected chi connectivity index (χ0v) is 63.1. The fourth-order valence-corrected chi connectivity index (χ4v) is 13.0. The summed E-state index contributed by atoms with van der Waals surface area (Å²) in [5.74, 6) is -0.579. The third-order valence-corrected chi connectivity index (χ3v) is 19.7. The number of rotatable bonds is 74. The summed E-state index contributed by atoms with van der Waals surface area (Å²) in [6.45, 7) is 9.56. The molecule has 0 aliphatic heterocycles.